The van der Waals surface area contributed by atoms with Crippen LogP contribution in [0.2, 0.25) is 10.0 Å². The SMILES string of the molecule is COc1ccc(-c2nnc(NC(=O)[C@H](C)N(c3cc(Cl)cc(Cl)c3)S(C)(=O)=O)s2)cc1. The Labute approximate surface area is 193 Å². The second kappa shape index (κ2) is 9.39. The van der Waals surface area contributed by atoms with Crippen molar-refractivity contribution >= 4 is 61.3 Å². The lowest BCUT2D eigenvalue weighted by molar-refractivity contribution is -0.116. The number of aromatic nitrogens is 2. The van der Waals surface area contributed by atoms with Crippen LogP contribution in [0.5, 0.6) is 5.75 Å². The molecule has 12 heteroatoms. The minimum atomic E-state index is -3.82. The van der Waals surface area contributed by atoms with Gasteiger partial charge in [0.2, 0.25) is 21.1 Å². The predicted molar refractivity (Wildman–Crippen MR) is 124 cm³/mol. The van der Waals surface area contributed by atoms with Crippen LogP contribution < -0.4 is 14.4 Å². The molecule has 164 valence electrons. The van der Waals surface area contributed by atoms with E-state index in [-0.39, 0.29) is 20.9 Å². The predicted octanol–water partition coefficient (Wildman–Crippen LogP) is 4.31. The van der Waals surface area contributed by atoms with E-state index in [0.29, 0.717) is 10.8 Å². The molecule has 0 saturated heterocycles. The first kappa shape index (κ1) is 23.3. The summed E-state index contributed by atoms with van der Waals surface area (Å²) in [5, 5.41) is 12.0. The standard InChI is InChI=1S/C19H18Cl2N4O4S2/c1-11(25(31(3,27)28)15-9-13(20)8-14(21)10-15)17(26)22-19-24-23-18(30-19)12-4-6-16(29-2)7-5-12/h4-11H,1-3H3,(H,22,24,26)/t11-/m0/s1. The Morgan fingerprint density at radius 1 is 1.13 bits per heavy atom. The molecular weight excluding hydrogens is 483 g/mol. The van der Waals surface area contributed by atoms with Gasteiger partial charge in [-0.05, 0) is 49.4 Å². The molecule has 2 aromatic carbocycles. The Balaban J connectivity index is 1.82. The molecule has 0 radical (unpaired) electrons. The quantitative estimate of drug-likeness (QED) is 0.518. The monoisotopic (exact) mass is 500 g/mol. The molecule has 0 saturated carbocycles. The lowest BCUT2D eigenvalue weighted by atomic mass is 10.2. The van der Waals surface area contributed by atoms with Crippen molar-refractivity contribution in [3.8, 4) is 16.3 Å². The van der Waals surface area contributed by atoms with Crippen LogP contribution in [0.3, 0.4) is 0 Å². The van der Waals surface area contributed by atoms with Crippen molar-refractivity contribution in [1.29, 1.82) is 0 Å². The fourth-order valence-corrected chi connectivity index (χ4v) is 5.23. The number of hydrogen-bond donors (Lipinski definition) is 1. The third-order valence-electron chi connectivity index (χ3n) is 4.18. The molecule has 31 heavy (non-hydrogen) atoms. The van der Waals surface area contributed by atoms with Gasteiger partial charge < -0.3 is 4.74 Å². The van der Waals surface area contributed by atoms with Gasteiger partial charge >= 0.3 is 0 Å². The minimum absolute atomic E-state index is 0.179. The Morgan fingerprint density at radius 3 is 2.29 bits per heavy atom. The Hall–Kier alpha value is -2.40. The highest BCUT2D eigenvalue weighted by atomic mass is 35.5. The summed E-state index contributed by atoms with van der Waals surface area (Å²) < 4.78 is 30.9. The van der Waals surface area contributed by atoms with E-state index in [9.17, 15) is 13.2 Å². The first-order valence-corrected chi connectivity index (χ1v) is 12.2. The van der Waals surface area contributed by atoms with Gasteiger partial charge in [-0.15, -0.1) is 10.2 Å². The van der Waals surface area contributed by atoms with E-state index in [4.69, 9.17) is 27.9 Å². The van der Waals surface area contributed by atoms with Crippen molar-refractivity contribution in [1.82, 2.24) is 10.2 Å². The Kier molecular flexibility index (Phi) is 7.05. The van der Waals surface area contributed by atoms with Crippen LogP contribution in [0.1, 0.15) is 6.92 Å². The van der Waals surface area contributed by atoms with Gasteiger partial charge in [-0.3, -0.25) is 14.4 Å². The number of methoxy groups -OCH3 is 1. The topological polar surface area (TPSA) is 101 Å². The molecule has 0 aliphatic carbocycles. The summed E-state index contributed by atoms with van der Waals surface area (Å²) in [6, 6.07) is 10.4. The summed E-state index contributed by atoms with van der Waals surface area (Å²) in [6.07, 6.45) is 0.998. The lowest BCUT2D eigenvalue weighted by Crippen LogP contribution is -2.45. The molecule has 1 atom stereocenters. The molecule has 1 amide bonds. The summed E-state index contributed by atoms with van der Waals surface area (Å²) >= 11 is 13.2. The van der Waals surface area contributed by atoms with Crippen LogP contribution in [0, 0.1) is 0 Å². The molecule has 0 spiro atoms. The van der Waals surface area contributed by atoms with E-state index >= 15 is 0 Å². The molecule has 1 heterocycles. The second-order valence-electron chi connectivity index (χ2n) is 6.49. The number of rotatable bonds is 7. The van der Waals surface area contributed by atoms with E-state index < -0.39 is 22.0 Å². The molecule has 0 unspecified atom stereocenters. The van der Waals surface area contributed by atoms with E-state index in [0.717, 1.165) is 27.5 Å². The van der Waals surface area contributed by atoms with Crippen LogP contribution >= 0.6 is 34.5 Å². The fourth-order valence-electron chi connectivity index (χ4n) is 2.81. The molecule has 0 bridgehead atoms. The molecule has 1 N–H and O–H groups in total. The Bertz CT molecular complexity index is 1180. The number of carbonyl (C=O) groups is 1. The van der Waals surface area contributed by atoms with Gasteiger partial charge in [-0.1, -0.05) is 34.5 Å². The lowest BCUT2D eigenvalue weighted by Gasteiger charge is -2.28. The number of nitrogens with zero attached hydrogens (tertiary/aromatic N) is 3. The van der Waals surface area contributed by atoms with Crippen LogP contribution in [0.15, 0.2) is 42.5 Å². The molecular formula is C19H18Cl2N4O4S2. The van der Waals surface area contributed by atoms with E-state index in [1.165, 1.54) is 25.1 Å². The number of benzene rings is 2. The van der Waals surface area contributed by atoms with E-state index in [1.807, 2.05) is 12.1 Å². The zero-order chi connectivity index (χ0) is 22.8. The zero-order valence-electron chi connectivity index (χ0n) is 16.7. The summed E-state index contributed by atoms with van der Waals surface area (Å²) in [5.74, 6) is 0.122. The van der Waals surface area contributed by atoms with Crippen LogP contribution in [-0.4, -0.2) is 43.9 Å². The molecule has 8 nitrogen and oxygen atoms in total. The summed E-state index contributed by atoms with van der Waals surface area (Å²) in [5.41, 5.74) is 0.983. The largest absolute Gasteiger partial charge is 0.497 e. The van der Waals surface area contributed by atoms with Gasteiger partial charge in [0.15, 0.2) is 0 Å². The number of hydrogen-bond acceptors (Lipinski definition) is 7. The van der Waals surface area contributed by atoms with E-state index in [1.54, 1.807) is 19.2 Å². The number of amides is 1. The Morgan fingerprint density at radius 2 is 1.74 bits per heavy atom. The molecule has 3 aromatic rings. The van der Waals surface area contributed by atoms with Gasteiger partial charge in [0.25, 0.3) is 0 Å². The number of ether oxygens (including phenoxy) is 1. The number of carbonyl (C=O) groups excluding carboxylic acids is 1. The maximum atomic E-state index is 12.8. The highest BCUT2D eigenvalue weighted by molar-refractivity contribution is 7.92. The second-order valence-corrected chi connectivity index (χ2v) is 10.2. The fraction of sp³-hybridized carbons (Fsp3) is 0.211. The van der Waals surface area contributed by atoms with Crippen LogP contribution in [-0.2, 0) is 14.8 Å². The van der Waals surface area contributed by atoms with Gasteiger partial charge in [-0.2, -0.15) is 0 Å². The number of halogens is 2. The zero-order valence-corrected chi connectivity index (χ0v) is 19.8. The normalized spacial score (nSPS) is 12.3. The van der Waals surface area contributed by atoms with Gasteiger partial charge in [0, 0.05) is 15.6 Å². The first-order chi connectivity index (χ1) is 14.6. The van der Waals surface area contributed by atoms with Crippen molar-refractivity contribution in [2.24, 2.45) is 0 Å². The maximum absolute atomic E-state index is 12.8. The van der Waals surface area contributed by atoms with Crippen molar-refractivity contribution in [3.05, 3.63) is 52.5 Å². The third kappa shape index (κ3) is 5.65. The average molecular weight is 501 g/mol. The molecule has 0 aliphatic rings. The van der Waals surface area contributed by atoms with Crippen LogP contribution in [0.25, 0.3) is 10.6 Å². The number of nitrogens with one attached hydrogen (secondary N) is 1. The molecule has 1 aromatic heterocycles. The first-order valence-electron chi connectivity index (χ1n) is 8.83. The average Bonchev–Trinajstić information content (AvgIpc) is 3.14. The van der Waals surface area contributed by atoms with Crippen molar-refractivity contribution in [2.45, 2.75) is 13.0 Å². The summed E-state index contributed by atoms with van der Waals surface area (Å²) in [6.45, 7) is 1.45. The van der Waals surface area contributed by atoms with Crippen molar-refractivity contribution in [2.75, 3.05) is 23.0 Å². The van der Waals surface area contributed by atoms with E-state index in [2.05, 4.69) is 15.5 Å². The maximum Gasteiger partial charge on any atom is 0.249 e. The van der Waals surface area contributed by atoms with Crippen molar-refractivity contribution in [3.63, 3.8) is 0 Å². The smallest absolute Gasteiger partial charge is 0.249 e. The molecule has 3 rings (SSSR count). The highest BCUT2D eigenvalue weighted by Crippen LogP contribution is 2.30. The highest BCUT2D eigenvalue weighted by Gasteiger charge is 2.30. The van der Waals surface area contributed by atoms with Gasteiger partial charge in [0.1, 0.15) is 16.8 Å². The molecule has 0 aliphatic heterocycles. The van der Waals surface area contributed by atoms with Crippen LogP contribution in [0.4, 0.5) is 10.8 Å². The van der Waals surface area contributed by atoms with Crippen molar-refractivity contribution < 1.29 is 17.9 Å². The van der Waals surface area contributed by atoms with Gasteiger partial charge in [0.05, 0.1) is 19.1 Å². The molecule has 0 fully saturated rings. The number of sulfonamides is 1. The minimum Gasteiger partial charge on any atom is -0.497 e. The van der Waals surface area contributed by atoms with Gasteiger partial charge in [-0.25, -0.2) is 8.42 Å². The summed E-state index contributed by atoms with van der Waals surface area (Å²) in [4.78, 5) is 12.8. The number of anilines is 2. The third-order valence-corrected chi connectivity index (χ3v) is 6.75. The summed E-state index contributed by atoms with van der Waals surface area (Å²) in [7, 11) is -2.25.